The average molecular weight is 456 g/mol. The molecule has 3 aromatic carbocycles. The maximum atomic E-state index is 13.8. The first kappa shape index (κ1) is 23.3. The van der Waals surface area contributed by atoms with Crippen LogP contribution in [0.3, 0.4) is 0 Å². The zero-order valence-corrected chi connectivity index (χ0v) is 19.5. The molecule has 34 heavy (non-hydrogen) atoms. The van der Waals surface area contributed by atoms with Crippen LogP contribution in [0.25, 0.3) is 0 Å². The van der Waals surface area contributed by atoms with Crippen molar-refractivity contribution >= 4 is 11.9 Å². The van der Waals surface area contributed by atoms with Gasteiger partial charge in [-0.3, -0.25) is 4.79 Å². The van der Waals surface area contributed by atoms with Crippen LogP contribution in [0.15, 0.2) is 90.6 Å². The topological polar surface area (TPSA) is 64.6 Å². The zero-order chi connectivity index (χ0) is 23.9. The highest BCUT2D eigenvalue weighted by molar-refractivity contribution is 5.91. The number of ether oxygens (including phenoxy) is 2. The Kier molecular flexibility index (Phi) is 7.43. The molecule has 0 radical (unpaired) electrons. The van der Waals surface area contributed by atoms with Gasteiger partial charge in [0.05, 0.1) is 18.1 Å². The molecule has 1 N–H and O–H groups in total. The first-order valence-corrected chi connectivity index (χ1v) is 11.7. The van der Waals surface area contributed by atoms with Gasteiger partial charge in [0.25, 0.3) is 0 Å². The minimum atomic E-state index is -0.534. The summed E-state index contributed by atoms with van der Waals surface area (Å²) in [6, 6.07) is 25.4. The molecular weight excluding hydrogens is 426 g/mol. The monoisotopic (exact) mass is 455 g/mol. The molecule has 0 saturated carbocycles. The maximum absolute atomic E-state index is 13.8. The molecule has 1 unspecified atom stereocenters. The number of amides is 1. The molecule has 1 amide bonds. The summed E-state index contributed by atoms with van der Waals surface area (Å²) in [4.78, 5) is 26.2. The fourth-order valence-electron chi connectivity index (χ4n) is 4.44. The van der Waals surface area contributed by atoms with Crippen molar-refractivity contribution in [2.45, 2.75) is 38.5 Å². The van der Waals surface area contributed by atoms with Crippen LogP contribution in [0, 0.1) is 0 Å². The predicted molar refractivity (Wildman–Crippen MR) is 132 cm³/mol. The minimum Gasteiger partial charge on any atom is -0.463 e. The smallest absolute Gasteiger partial charge is 0.335 e. The molecule has 1 heterocycles. The quantitative estimate of drug-likeness (QED) is 0.331. The van der Waals surface area contributed by atoms with Gasteiger partial charge in [-0.2, -0.15) is 0 Å². The van der Waals surface area contributed by atoms with Crippen LogP contribution in [0.2, 0.25) is 0 Å². The third kappa shape index (κ3) is 4.88. The number of rotatable bonds is 8. The lowest BCUT2D eigenvalue weighted by atomic mass is 9.75. The molecule has 0 bridgehead atoms. The van der Waals surface area contributed by atoms with E-state index in [1.165, 1.54) is 6.20 Å². The van der Waals surface area contributed by atoms with Crippen LogP contribution in [0.4, 0.5) is 0 Å². The maximum Gasteiger partial charge on any atom is 0.335 e. The molecule has 0 fully saturated rings. The molecule has 5 nitrogen and oxygen atoms in total. The van der Waals surface area contributed by atoms with Crippen molar-refractivity contribution < 1.29 is 19.1 Å². The van der Waals surface area contributed by atoms with Crippen molar-refractivity contribution in [3.05, 3.63) is 107 Å². The number of esters is 1. The van der Waals surface area contributed by atoms with Gasteiger partial charge < -0.3 is 14.8 Å². The van der Waals surface area contributed by atoms with E-state index in [1.54, 1.807) is 6.92 Å². The fourth-order valence-corrected chi connectivity index (χ4v) is 4.44. The average Bonchev–Trinajstić information content (AvgIpc) is 2.87. The van der Waals surface area contributed by atoms with E-state index in [0.29, 0.717) is 12.0 Å². The van der Waals surface area contributed by atoms with Crippen LogP contribution in [0.5, 0.6) is 11.5 Å². The summed E-state index contributed by atoms with van der Waals surface area (Å²) < 4.78 is 11.3. The van der Waals surface area contributed by atoms with E-state index in [-0.39, 0.29) is 18.4 Å². The van der Waals surface area contributed by atoms with E-state index in [2.05, 4.69) is 5.32 Å². The molecule has 0 aliphatic carbocycles. The van der Waals surface area contributed by atoms with Gasteiger partial charge in [0.2, 0.25) is 5.91 Å². The Morgan fingerprint density at radius 3 is 2.09 bits per heavy atom. The molecule has 5 heteroatoms. The number of para-hydroxylation sites is 2. The molecular formula is C29H29NO4. The molecule has 4 rings (SSSR count). The molecule has 0 aromatic heterocycles. The molecule has 1 aliphatic rings. The molecule has 0 saturated heterocycles. The normalized spacial score (nSPS) is 13.8. The number of benzene rings is 3. The summed E-state index contributed by atoms with van der Waals surface area (Å²) in [5.41, 5.74) is 3.25. The summed E-state index contributed by atoms with van der Waals surface area (Å²) in [6.07, 6.45) is 2.80. The second-order valence-corrected chi connectivity index (χ2v) is 8.19. The van der Waals surface area contributed by atoms with Crippen molar-refractivity contribution in [1.29, 1.82) is 0 Å². The number of carbonyl (C=O) groups excluding carboxylic acids is 2. The van der Waals surface area contributed by atoms with Gasteiger partial charge in [0, 0.05) is 23.2 Å². The summed E-state index contributed by atoms with van der Waals surface area (Å²) in [5, 5.41) is 2.92. The highest BCUT2D eigenvalue weighted by Gasteiger charge is 2.38. The third-order valence-corrected chi connectivity index (χ3v) is 5.95. The third-order valence-electron chi connectivity index (χ3n) is 5.95. The van der Waals surface area contributed by atoms with Crippen LogP contribution in [0.1, 0.15) is 55.2 Å². The Morgan fingerprint density at radius 2 is 1.50 bits per heavy atom. The molecule has 3 aromatic rings. The van der Waals surface area contributed by atoms with Gasteiger partial charge in [0.15, 0.2) is 0 Å². The lowest BCUT2D eigenvalue weighted by Crippen LogP contribution is -2.32. The number of hydrogen-bond acceptors (Lipinski definition) is 4. The summed E-state index contributed by atoms with van der Waals surface area (Å²) >= 11 is 0. The Hall–Kier alpha value is -3.86. The molecule has 1 atom stereocenters. The number of fused-ring (bicyclic) bond motifs is 2. The second kappa shape index (κ2) is 10.8. The second-order valence-electron chi connectivity index (χ2n) is 8.19. The van der Waals surface area contributed by atoms with Gasteiger partial charge in [-0.15, -0.1) is 0 Å². The predicted octanol–water partition coefficient (Wildman–Crippen LogP) is 6.07. The Labute approximate surface area is 200 Å². The van der Waals surface area contributed by atoms with Crippen LogP contribution >= 0.6 is 0 Å². The first-order valence-electron chi connectivity index (χ1n) is 11.7. The van der Waals surface area contributed by atoms with E-state index >= 15 is 0 Å². The van der Waals surface area contributed by atoms with Gasteiger partial charge >= 0.3 is 5.97 Å². The number of nitrogens with one attached hydrogen (secondary N) is 1. The Morgan fingerprint density at radius 1 is 0.912 bits per heavy atom. The van der Waals surface area contributed by atoms with Gasteiger partial charge in [-0.05, 0) is 31.0 Å². The van der Waals surface area contributed by atoms with E-state index in [4.69, 9.17) is 9.47 Å². The number of carbonyl (C=O) groups is 2. The SMILES string of the molecule is CCCC(=CNC(=O)C(c1ccccc1)C1c2ccccc2Oc2ccccc21)C(=O)OCC. The Balaban J connectivity index is 1.78. The van der Waals surface area contributed by atoms with Crippen molar-refractivity contribution in [3.63, 3.8) is 0 Å². The largest absolute Gasteiger partial charge is 0.463 e. The summed E-state index contributed by atoms with van der Waals surface area (Å²) in [7, 11) is 0. The summed E-state index contributed by atoms with van der Waals surface area (Å²) in [6.45, 7) is 4.04. The van der Waals surface area contributed by atoms with Gasteiger partial charge in [0.1, 0.15) is 11.5 Å². The minimum absolute atomic E-state index is 0.194. The van der Waals surface area contributed by atoms with Gasteiger partial charge in [-0.25, -0.2) is 4.79 Å². The van der Waals surface area contributed by atoms with E-state index < -0.39 is 11.9 Å². The van der Waals surface area contributed by atoms with Crippen molar-refractivity contribution in [2.75, 3.05) is 6.61 Å². The van der Waals surface area contributed by atoms with E-state index in [9.17, 15) is 9.59 Å². The highest BCUT2D eigenvalue weighted by Crippen LogP contribution is 2.50. The van der Waals surface area contributed by atoms with Crippen molar-refractivity contribution in [2.24, 2.45) is 0 Å². The van der Waals surface area contributed by atoms with Crippen LogP contribution < -0.4 is 10.1 Å². The highest BCUT2D eigenvalue weighted by atomic mass is 16.5. The fraction of sp³-hybridized carbons (Fsp3) is 0.241. The van der Waals surface area contributed by atoms with E-state index in [1.807, 2.05) is 85.8 Å². The van der Waals surface area contributed by atoms with Crippen LogP contribution in [-0.2, 0) is 14.3 Å². The lowest BCUT2D eigenvalue weighted by Gasteiger charge is -2.33. The van der Waals surface area contributed by atoms with Gasteiger partial charge in [-0.1, -0.05) is 80.1 Å². The zero-order valence-electron chi connectivity index (χ0n) is 19.5. The number of hydrogen-bond donors (Lipinski definition) is 1. The van der Waals surface area contributed by atoms with Crippen LogP contribution in [-0.4, -0.2) is 18.5 Å². The summed E-state index contributed by atoms with van der Waals surface area (Å²) in [5.74, 6) is 0.105. The molecule has 174 valence electrons. The molecule has 1 aliphatic heterocycles. The standard InChI is InChI=1S/C29H29NO4/c1-3-12-21(29(32)33-4-2)19-30-28(31)26(20-13-6-5-7-14-20)27-22-15-8-10-17-24(22)34-25-18-11-9-16-23(25)27/h5-11,13-19,26-27H,3-4,12H2,1-2H3,(H,30,31). The van der Waals surface area contributed by atoms with Crippen molar-refractivity contribution in [3.8, 4) is 11.5 Å². The molecule has 0 spiro atoms. The van der Waals surface area contributed by atoms with E-state index in [0.717, 1.165) is 34.6 Å². The first-order chi connectivity index (χ1) is 16.6. The lowest BCUT2D eigenvalue weighted by molar-refractivity contribution is -0.138. The van der Waals surface area contributed by atoms with Crippen molar-refractivity contribution in [1.82, 2.24) is 5.32 Å². The Bertz CT molecular complexity index is 1140.